The summed E-state index contributed by atoms with van der Waals surface area (Å²) < 4.78 is 16.4. The molecule has 0 atom stereocenters. The molecule has 7 heteroatoms. The second kappa shape index (κ2) is 5.24. The minimum absolute atomic E-state index is 0.127. The zero-order valence-electron chi connectivity index (χ0n) is 12.8. The van der Waals surface area contributed by atoms with E-state index in [0.29, 0.717) is 11.9 Å². The molecule has 6 nitrogen and oxygen atoms in total. The summed E-state index contributed by atoms with van der Waals surface area (Å²) in [4.78, 5) is 26.8. The third-order valence-electron chi connectivity index (χ3n) is 3.90. The number of aromatic nitrogens is 1. The van der Waals surface area contributed by atoms with Gasteiger partial charge in [0.2, 0.25) is 0 Å². The van der Waals surface area contributed by atoms with Crippen LogP contribution in [0.5, 0.6) is 0 Å². The Balaban J connectivity index is 2.41. The molecule has 0 spiro atoms. The predicted molar refractivity (Wildman–Crippen MR) is 76.7 cm³/mol. The number of pyridine rings is 1. The van der Waals surface area contributed by atoms with Crippen LogP contribution in [0.3, 0.4) is 0 Å². The van der Waals surface area contributed by atoms with Gasteiger partial charge in [-0.25, -0.2) is 4.79 Å². The molecule has 1 aromatic rings. The maximum atomic E-state index is 11.7. The summed E-state index contributed by atoms with van der Waals surface area (Å²) in [6.07, 6.45) is 0.571. The van der Waals surface area contributed by atoms with Crippen molar-refractivity contribution in [2.45, 2.75) is 38.9 Å². The Kier molecular flexibility index (Phi) is 3.90. The number of methoxy groups -OCH3 is 1. The van der Waals surface area contributed by atoms with Gasteiger partial charge in [0, 0.05) is 0 Å². The van der Waals surface area contributed by atoms with Crippen LogP contribution in [0.15, 0.2) is 12.1 Å². The number of esters is 1. The van der Waals surface area contributed by atoms with Gasteiger partial charge in [-0.15, -0.1) is 0 Å². The maximum Gasteiger partial charge on any atom is 0.514 e. The van der Waals surface area contributed by atoms with Gasteiger partial charge in [-0.2, -0.15) is 0 Å². The first-order chi connectivity index (χ1) is 9.70. The van der Waals surface area contributed by atoms with E-state index < -0.39 is 24.3 Å². The van der Waals surface area contributed by atoms with E-state index >= 15 is 0 Å². The van der Waals surface area contributed by atoms with E-state index in [2.05, 4.69) is 9.72 Å². The van der Waals surface area contributed by atoms with Gasteiger partial charge in [-0.05, 0) is 39.8 Å². The quantitative estimate of drug-likeness (QED) is 0.469. The van der Waals surface area contributed by atoms with Gasteiger partial charge in [0.1, 0.15) is 5.69 Å². The smallest absolute Gasteiger partial charge is 0.465 e. The molecule has 21 heavy (non-hydrogen) atoms. The molecule has 0 amide bonds. The van der Waals surface area contributed by atoms with Gasteiger partial charge in [-0.3, -0.25) is 9.78 Å². The number of ether oxygens (including phenoxy) is 1. The van der Waals surface area contributed by atoms with Gasteiger partial charge >= 0.3 is 13.1 Å². The molecule has 0 N–H and O–H groups in total. The first kappa shape index (κ1) is 15.7. The van der Waals surface area contributed by atoms with Crippen LogP contribution in [-0.4, -0.2) is 42.7 Å². The van der Waals surface area contributed by atoms with Crippen molar-refractivity contribution in [1.29, 1.82) is 0 Å². The fraction of sp³-hybridized carbons (Fsp3) is 0.500. The fourth-order valence-electron chi connectivity index (χ4n) is 1.95. The molecule has 0 bridgehead atoms. The van der Waals surface area contributed by atoms with Crippen LogP contribution in [0.4, 0.5) is 0 Å². The Labute approximate surface area is 123 Å². The number of carbonyl (C=O) groups excluding carboxylic acids is 2. The zero-order chi connectivity index (χ0) is 15.8. The van der Waals surface area contributed by atoms with E-state index in [0.717, 1.165) is 0 Å². The minimum Gasteiger partial charge on any atom is -0.465 e. The Morgan fingerprint density at radius 2 is 1.81 bits per heavy atom. The highest BCUT2D eigenvalue weighted by Crippen LogP contribution is 2.36. The highest BCUT2D eigenvalue weighted by atomic mass is 16.7. The maximum absolute atomic E-state index is 11.7. The first-order valence-corrected chi connectivity index (χ1v) is 6.61. The molecule has 0 saturated carbocycles. The Bertz CT molecular complexity index is 569. The van der Waals surface area contributed by atoms with E-state index in [9.17, 15) is 9.59 Å². The molecule has 1 saturated heterocycles. The standard InChI is InChI=1S/C14H18BNO5/c1-13(2)14(3,4)21-15(20-13)11-7-9(12(18)19-5)6-10(8-17)16-11/h6-8H,1-5H3. The molecule has 0 unspecified atom stereocenters. The van der Waals surface area contributed by atoms with Crippen LogP contribution in [-0.2, 0) is 14.0 Å². The molecule has 112 valence electrons. The van der Waals surface area contributed by atoms with Crippen molar-refractivity contribution < 1.29 is 23.6 Å². The van der Waals surface area contributed by atoms with Crippen LogP contribution >= 0.6 is 0 Å². The molecule has 0 radical (unpaired) electrons. The molecular formula is C14H18BNO5. The van der Waals surface area contributed by atoms with Gasteiger partial charge in [0.05, 0.1) is 29.5 Å². The van der Waals surface area contributed by atoms with Crippen molar-refractivity contribution in [2.24, 2.45) is 0 Å². The summed E-state index contributed by atoms with van der Waals surface area (Å²) in [6, 6.07) is 2.88. The Morgan fingerprint density at radius 1 is 1.24 bits per heavy atom. The minimum atomic E-state index is -0.738. The third kappa shape index (κ3) is 2.84. The topological polar surface area (TPSA) is 74.7 Å². The van der Waals surface area contributed by atoms with Crippen molar-refractivity contribution in [3.63, 3.8) is 0 Å². The monoisotopic (exact) mass is 291 g/mol. The number of nitrogens with zero attached hydrogens (tertiary/aromatic N) is 1. The Morgan fingerprint density at radius 3 is 2.29 bits per heavy atom. The van der Waals surface area contributed by atoms with Gasteiger partial charge in [0.15, 0.2) is 6.29 Å². The molecule has 1 aliphatic rings. The average Bonchev–Trinajstić information content (AvgIpc) is 2.66. The van der Waals surface area contributed by atoms with Crippen LogP contribution in [0, 0.1) is 0 Å². The van der Waals surface area contributed by atoms with Crippen molar-refractivity contribution in [1.82, 2.24) is 4.98 Å². The van der Waals surface area contributed by atoms with E-state index in [1.165, 1.54) is 19.2 Å². The molecule has 1 fully saturated rings. The molecule has 0 aromatic carbocycles. The highest BCUT2D eigenvalue weighted by molar-refractivity contribution is 6.61. The summed E-state index contributed by atoms with van der Waals surface area (Å²) in [5, 5.41) is 0. The number of carbonyl (C=O) groups is 2. The van der Waals surface area contributed by atoms with Gasteiger partial charge in [-0.1, -0.05) is 0 Å². The van der Waals surface area contributed by atoms with E-state index in [1.807, 2.05) is 27.7 Å². The number of rotatable bonds is 3. The van der Waals surface area contributed by atoms with Gasteiger partial charge < -0.3 is 14.0 Å². The lowest BCUT2D eigenvalue weighted by Crippen LogP contribution is -2.41. The summed E-state index contributed by atoms with van der Waals surface area (Å²) in [7, 11) is 0.538. The molecular weight excluding hydrogens is 273 g/mol. The summed E-state index contributed by atoms with van der Waals surface area (Å²) in [5.74, 6) is -0.543. The second-order valence-electron chi connectivity index (χ2n) is 5.90. The van der Waals surface area contributed by atoms with E-state index in [-0.39, 0.29) is 11.3 Å². The number of aldehydes is 1. The average molecular weight is 291 g/mol. The van der Waals surface area contributed by atoms with Crippen LogP contribution < -0.4 is 5.59 Å². The van der Waals surface area contributed by atoms with Crippen LogP contribution in [0.2, 0.25) is 0 Å². The molecule has 2 heterocycles. The molecule has 0 aliphatic carbocycles. The lowest BCUT2D eigenvalue weighted by Gasteiger charge is -2.32. The van der Waals surface area contributed by atoms with Gasteiger partial charge in [0.25, 0.3) is 0 Å². The van der Waals surface area contributed by atoms with E-state index in [1.54, 1.807) is 0 Å². The molecule has 2 rings (SSSR count). The van der Waals surface area contributed by atoms with Crippen molar-refractivity contribution in [3.05, 3.63) is 23.4 Å². The van der Waals surface area contributed by atoms with Crippen LogP contribution in [0.1, 0.15) is 48.5 Å². The Hall–Kier alpha value is -1.73. The summed E-state index contributed by atoms with van der Waals surface area (Å²) in [5.41, 5.74) is -0.315. The SMILES string of the molecule is COC(=O)c1cc(C=O)nc(B2OC(C)(C)C(C)(C)O2)c1. The highest BCUT2D eigenvalue weighted by Gasteiger charge is 2.52. The molecule has 1 aliphatic heterocycles. The normalized spacial score (nSPS) is 19.4. The summed E-state index contributed by atoms with van der Waals surface area (Å²) >= 11 is 0. The van der Waals surface area contributed by atoms with Crippen LogP contribution in [0.25, 0.3) is 0 Å². The molecule has 1 aromatic heterocycles. The first-order valence-electron chi connectivity index (χ1n) is 6.61. The fourth-order valence-corrected chi connectivity index (χ4v) is 1.95. The predicted octanol–water partition coefficient (Wildman–Crippen LogP) is 0.980. The second-order valence-corrected chi connectivity index (χ2v) is 5.90. The lowest BCUT2D eigenvalue weighted by atomic mass is 9.83. The van der Waals surface area contributed by atoms with Crippen molar-refractivity contribution in [2.75, 3.05) is 7.11 Å². The van der Waals surface area contributed by atoms with Crippen molar-refractivity contribution >= 4 is 25.0 Å². The summed E-state index contributed by atoms with van der Waals surface area (Å²) in [6.45, 7) is 7.66. The lowest BCUT2D eigenvalue weighted by molar-refractivity contribution is 0.00578. The largest absolute Gasteiger partial charge is 0.514 e. The zero-order valence-corrected chi connectivity index (χ0v) is 12.8. The number of hydrogen-bond acceptors (Lipinski definition) is 6. The third-order valence-corrected chi connectivity index (χ3v) is 3.90. The number of hydrogen-bond donors (Lipinski definition) is 0. The van der Waals surface area contributed by atoms with Crippen molar-refractivity contribution in [3.8, 4) is 0 Å². The van der Waals surface area contributed by atoms with E-state index in [4.69, 9.17) is 9.31 Å².